The van der Waals surface area contributed by atoms with Gasteiger partial charge in [0.1, 0.15) is 5.73 Å². The molecule has 0 saturated carbocycles. The second-order valence-electron chi connectivity index (χ2n) is 8.61. The largest absolute Gasteiger partial charge is 0.525 e. The normalized spacial score (nSPS) is 29.2. The molecule has 0 amide bonds. The molecule has 3 aliphatic rings. The van der Waals surface area contributed by atoms with E-state index in [1.54, 1.807) is 0 Å². The summed E-state index contributed by atoms with van der Waals surface area (Å²) in [6.07, 6.45) is 4.05. The first-order valence-corrected chi connectivity index (χ1v) is 9.35. The highest BCUT2D eigenvalue weighted by Crippen LogP contribution is 2.40. The molecule has 0 N–H and O–H groups in total. The van der Waals surface area contributed by atoms with Gasteiger partial charge in [-0.15, -0.1) is 0 Å². The number of nitrogens with zero attached hydrogens (tertiary/aromatic N) is 2. The molecule has 0 aliphatic carbocycles. The first-order valence-electron chi connectivity index (χ1n) is 9.35. The lowest BCUT2D eigenvalue weighted by Crippen LogP contribution is -2.46. The average molecular weight is 338 g/mol. The minimum Gasteiger partial charge on any atom is -0.398 e. The van der Waals surface area contributed by atoms with Crippen LogP contribution in [0.4, 0.5) is 4.39 Å². The number of hydrogen-bond donors (Lipinski definition) is 0. The minimum absolute atomic E-state index is 0.184. The number of rotatable bonds is 2. The van der Waals surface area contributed by atoms with Crippen LogP contribution in [0.5, 0.6) is 0 Å². The van der Waals surface area contributed by atoms with Gasteiger partial charge in [0, 0.05) is 19.1 Å². The minimum atomic E-state index is -0.833. The van der Waals surface area contributed by atoms with E-state index >= 15 is 0 Å². The van der Waals surface area contributed by atoms with Crippen LogP contribution in [0.15, 0.2) is 11.3 Å². The standard InChI is InChI=1S/C18H32BFN2O2/c1-17(2)18(3,4)24-19(23-17)16(20)14-6-12-22(13-7-14)15-8-10-21(5)11-9-15/h15H,6-13H2,1-5H3. The molecule has 0 aromatic rings. The summed E-state index contributed by atoms with van der Waals surface area (Å²) in [6.45, 7) is 12.1. The Kier molecular flexibility index (Phi) is 5.14. The molecular formula is C18H32BFN2O2. The van der Waals surface area contributed by atoms with E-state index in [0.29, 0.717) is 6.04 Å². The number of piperidine rings is 2. The highest BCUT2D eigenvalue weighted by Gasteiger charge is 2.53. The highest BCUT2D eigenvalue weighted by atomic mass is 19.1. The van der Waals surface area contributed by atoms with Gasteiger partial charge >= 0.3 is 7.12 Å². The van der Waals surface area contributed by atoms with E-state index in [2.05, 4.69) is 16.8 Å². The summed E-state index contributed by atoms with van der Waals surface area (Å²) < 4.78 is 26.6. The molecule has 0 atom stereocenters. The maximum absolute atomic E-state index is 14.9. The lowest BCUT2D eigenvalue weighted by Gasteiger charge is -2.39. The number of halogens is 1. The van der Waals surface area contributed by atoms with Crippen molar-refractivity contribution in [1.29, 1.82) is 0 Å². The zero-order chi connectivity index (χ0) is 17.5. The molecule has 0 bridgehead atoms. The average Bonchev–Trinajstić information content (AvgIpc) is 2.76. The van der Waals surface area contributed by atoms with Gasteiger partial charge in [-0.25, -0.2) is 4.39 Å². The summed E-state index contributed by atoms with van der Waals surface area (Å²) in [5.41, 5.74) is -0.260. The van der Waals surface area contributed by atoms with Gasteiger partial charge in [0.15, 0.2) is 0 Å². The quantitative estimate of drug-likeness (QED) is 0.723. The molecule has 4 nitrogen and oxygen atoms in total. The van der Waals surface area contributed by atoms with E-state index in [-0.39, 0.29) is 5.73 Å². The van der Waals surface area contributed by atoms with Gasteiger partial charge in [-0.3, -0.25) is 4.90 Å². The zero-order valence-electron chi connectivity index (χ0n) is 15.9. The van der Waals surface area contributed by atoms with E-state index < -0.39 is 18.3 Å². The second-order valence-corrected chi connectivity index (χ2v) is 8.61. The van der Waals surface area contributed by atoms with Gasteiger partial charge in [-0.1, -0.05) is 0 Å². The molecule has 0 unspecified atom stereocenters. The van der Waals surface area contributed by atoms with E-state index in [0.717, 1.165) is 31.5 Å². The molecule has 3 heterocycles. The molecule has 3 saturated heterocycles. The lowest BCUT2D eigenvalue weighted by atomic mass is 9.82. The maximum Gasteiger partial charge on any atom is 0.525 e. The van der Waals surface area contributed by atoms with Crippen molar-refractivity contribution in [3.05, 3.63) is 11.3 Å². The number of likely N-dealkylation sites (tertiary alicyclic amines) is 2. The van der Waals surface area contributed by atoms with Crippen molar-refractivity contribution < 1.29 is 13.7 Å². The third-order valence-corrected chi connectivity index (χ3v) is 6.40. The Balaban J connectivity index is 1.58. The molecule has 3 aliphatic heterocycles. The van der Waals surface area contributed by atoms with Crippen molar-refractivity contribution in [1.82, 2.24) is 9.80 Å². The van der Waals surface area contributed by atoms with Crippen LogP contribution in [0.3, 0.4) is 0 Å². The molecule has 24 heavy (non-hydrogen) atoms. The Morgan fingerprint density at radius 2 is 1.50 bits per heavy atom. The van der Waals surface area contributed by atoms with Gasteiger partial charge in [0.2, 0.25) is 0 Å². The zero-order valence-corrected chi connectivity index (χ0v) is 15.9. The molecular weight excluding hydrogens is 306 g/mol. The molecule has 136 valence electrons. The van der Waals surface area contributed by atoms with Crippen LogP contribution < -0.4 is 0 Å². The summed E-state index contributed by atoms with van der Waals surface area (Å²) in [5, 5.41) is 0. The summed E-state index contributed by atoms with van der Waals surface area (Å²) in [6, 6.07) is 0.669. The third kappa shape index (κ3) is 3.57. The molecule has 0 aromatic heterocycles. The molecule has 3 rings (SSSR count). The second kappa shape index (κ2) is 6.71. The van der Waals surface area contributed by atoms with Gasteiger partial charge in [0.25, 0.3) is 0 Å². The molecule has 0 aromatic carbocycles. The highest BCUT2D eigenvalue weighted by molar-refractivity contribution is 6.53. The Bertz CT molecular complexity index is 475. The van der Waals surface area contributed by atoms with Gasteiger partial charge in [0.05, 0.1) is 11.2 Å². The van der Waals surface area contributed by atoms with E-state index in [1.165, 1.54) is 25.9 Å². The van der Waals surface area contributed by atoms with Gasteiger partial charge in [-0.2, -0.15) is 0 Å². The van der Waals surface area contributed by atoms with Crippen molar-refractivity contribution in [3.63, 3.8) is 0 Å². The van der Waals surface area contributed by atoms with Crippen molar-refractivity contribution in [2.75, 3.05) is 33.2 Å². The first kappa shape index (κ1) is 18.4. The summed E-state index contributed by atoms with van der Waals surface area (Å²) in [5.74, 6) is 0. The molecule has 3 fully saturated rings. The van der Waals surface area contributed by atoms with Crippen LogP contribution in [-0.2, 0) is 9.31 Å². The number of hydrogen-bond acceptors (Lipinski definition) is 4. The Labute approximate surface area is 146 Å². The smallest absolute Gasteiger partial charge is 0.398 e. The van der Waals surface area contributed by atoms with Gasteiger partial charge in [-0.05, 0) is 79.1 Å². The van der Waals surface area contributed by atoms with E-state index in [9.17, 15) is 4.39 Å². The molecule has 0 radical (unpaired) electrons. The van der Waals surface area contributed by atoms with Crippen molar-refractivity contribution >= 4 is 7.12 Å². The van der Waals surface area contributed by atoms with Crippen molar-refractivity contribution in [2.45, 2.75) is 70.6 Å². The van der Waals surface area contributed by atoms with Crippen molar-refractivity contribution in [3.8, 4) is 0 Å². The predicted molar refractivity (Wildman–Crippen MR) is 95.5 cm³/mol. The first-order chi connectivity index (χ1) is 11.2. The molecule has 0 spiro atoms. The van der Waals surface area contributed by atoms with Crippen LogP contribution in [0.2, 0.25) is 0 Å². The van der Waals surface area contributed by atoms with Gasteiger partial charge < -0.3 is 14.2 Å². The fourth-order valence-corrected chi connectivity index (χ4v) is 3.87. The third-order valence-electron chi connectivity index (χ3n) is 6.40. The topological polar surface area (TPSA) is 24.9 Å². The monoisotopic (exact) mass is 338 g/mol. The Hall–Kier alpha value is -0.425. The van der Waals surface area contributed by atoms with Crippen molar-refractivity contribution in [2.24, 2.45) is 0 Å². The Morgan fingerprint density at radius 3 is 2.00 bits per heavy atom. The van der Waals surface area contributed by atoms with E-state index in [1.807, 2.05) is 27.7 Å². The fourth-order valence-electron chi connectivity index (χ4n) is 3.87. The lowest BCUT2D eigenvalue weighted by molar-refractivity contribution is 0.00578. The predicted octanol–water partition coefficient (Wildman–Crippen LogP) is 3.03. The summed E-state index contributed by atoms with van der Waals surface area (Å²) >= 11 is 0. The summed E-state index contributed by atoms with van der Waals surface area (Å²) in [7, 11) is 1.35. The van der Waals surface area contributed by atoms with Crippen LogP contribution in [-0.4, -0.2) is 67.4 Å². The van der Waals surface area contributed by atoms with Crippen LogP contribution in [0.25, 0.3) is 0 Å². The Morgan fingerprint density at radius 1 is 1.00 bits per heavy atom. The molecule has 6 heteroatoms. The van der Waals surface area contributed by atoms with Crippen LogP contribution in [0, 0.1) is 0 Å². The van der Waals surface area contributed by atoms with Crippen LogP contribution in [0.1, 0.15) is 53.4 Å². The SMILES string of the molecule is CN1CCC(N2CCC(=C(F)B3OC(C)(C)C(C)(C)O3)CC2)CC1. The van der Waals surface area contributed by atoms with E-state index in [4.69, 9.17) is 9.31 Å². The maximum atomic E-state index is 14.9. The van der Waals surface area contributed by atoms with Crippen LogP contribution >= 0.6 is 0 Å². The summed E-state index contributed by atoms with van der Waals surface area (Å²) in [4.78, 5) is 4.94. The fraction of sp³-hybridized carbons (Fsp3) is 0.889.